The van der Waals surface area contributed by atoms with Crippen molar-refractivity contribution in [3.8, 4) is 0 Å². The highest BCUT2D eigenvalue weighted by Gasteiger charge is 2.16. The Morgan fingerprint density at radius 1 is 1.50 bits per heavy atom. The first-order valence-corrected chi connectivity index (χ1v) is 5.01. The molecule has 1 aliphatic rings. The summed E-state index contributed by atoms with van der Waals surface area (Å²) < 4.78 is 0. The van der Waals surface area contributed by atoms with E-state index in [-0.39, 0.29) is 11.9 Å². The van der Waals surface area contributed by atoms with Crippen LogP contribution in [0.5, 0.6) is 0 Å². The Morgan fingerprint density at radius 3 is 2.92 bits per heavy atom. The first-order valence-electron chi connectivity index (χ1n) is 4.38. The quantitative estimate of drug-likeness (QED) is 0.580. The van der Waals surface area contributed by atoms with Gasteiger partial charge in [0.05, 0.1) is 5.75 Å². The van der Waals surface area contributed by atoms with Crippen LogP contribution in [0.15, 0.2) is 0 Å². The number of rotatable bonds is 1. The van der Waals surface area contributed by atoms with Gasteiger partial charge < -0.3 is 10.6 Å². The van der Waals surface area contributed by atoms with E-state index in [1.165, 1.54) is 0 Å². The molecule has 1 aliphatic heterocycles. The van der Waals surface area contributed by atoms with Crippen LogP contribution in [-0.4, -0.2) is 35.7 Å². The molecule has 1 rings (SSSR count). The third kappa shape index (κ3) is 2.68. The molecule has 4 heteroatoms. The molecule has 0 aromatic heterocycles. The van der Waals surface area contributed by atoms with Crippen LogP contribution in [0.2, 0.25) is 0 Å². The fourth-order valence-electron chi connectivity index (χ4n) is 1.47. The lowest BCUT2D eigenvalue weighted by Gasteiger charge is -2.18. The Bertz CT molecular complexity index is 163. The first kappa shape index (κ1) is 9.86. The summed E-state index contributed by atoms with van der Waals surface area (Å²) in [6.45, 7) is 1.66. The van der Waals surface area contributed by atoms with Crippen LogP contribution in [0.1, 0.15) is 19.3 Å². The van der Waals surface area contributed by atoms with Crippen molar-refractivity contribution in [2.24, 2.45) is 5.73 Å². The molecule has 2 N–H and O–H groups in total. The summed E-state index contributed by atoms with van der Waals surface area (Å²) in [6, 6.07) is 0.280. The van der Waals surface area contributed by atoms with E-state index in [0.29, 0.717) is 5.75 Å². The number of hydrogen-bond donors (Lipinski definition) is 2. The zero-order valence-electron chi connectivity index (χ0n) is 7.20. The molecule has 1 saturated heterocycles. The highest BCUT2D eigenvalue weighted by molar-refractivity contribution is 7.81. The molecule has 70 valence electrons. The van der Waals surface area contributed by atoms with E-state index >= 15 is 0 Å². The fourth-order valence-corrected chi connectivity index (χ4v) is 1.67. The predicted octanol–water partition coefficient (Wildman–Crippen LogP) is 0.256. The van der Waals surface area contributed by atoms with Crippen LogP contribution in [0.3, 0.4) is 0 Å². The van der Waals surface area contributed by atoms with E-state index in [1.807, 2.05) is 4.90 Å². The number of carbonyl (C=O) groups excluding carboxylic acids is 1. The lowest BCUT2D eigenvalue weighted by Crippen LogP contribution is -2.33. The van der Waals surface area contributed by atoms with E-state index in [1.54, 1.807) is 0 Å². The van der Waals surface area contributed by atoms with Gasteiger partial charge in [-0.25, -0.2) is 0 Å². The van der Waals surface area contributed by atoms with Crippen LogP contribution in [0.25, 0.3) is 0 Å². The Morgan fingerprint density at radius 2 is 2.25 bits per heavy atom. The van der Waals surface area contributed by atoms with Crippen LogP contribution in [0, 0.1) is 0 Å². The second kappa shape index (κ2) is 4.72. The smallest absolute Gasteiger partial charge is 0.232 e. The van der Waals surface area contributed by atoms with Crippen LogP contribution in [0.4, 0.5) is 0 Å². The molecule has 0 aromatic carbocycles. The summed E-state index contributed by atoms with van der Waals surface area (Å²) in [5, 5.41) is 0. The third-order valence-corrected chi connectivity index (χ3v) is 2.53. The first-order chi connectivity index (χ1) is 5.74. The van der Waals surface area contributed by atoms with Crippen molar-refractivity contribution in [1.29, 1.82) is 0 Å². The maximum atomic E-state index is 11.2. The molecule has 1 fully saturated rings. The normalized spacial score (nSPS) is 25.2. The van der Waals surface area contributed by atoms with Gasteiger partial charge in [0.2, 0.25) is 5.91 Å². The maximum absolute atomic E-state index is 11.2. The van der Waals surface area contributed by atoms with Crippen molar-refractivity contribution in [2.75, 3.05) is 18.8 Å². The highest BCUT2D eigenvalue weighted by Crippen LogP contribution is 2.09. The standard InChI is InChI=1S/C8H16N2OS/c9-7-2-1-4-10(5-3-7)8(11)6-12/h7,12H,1-6,9H2. The van der Waals surface area contributed by atoms with Gasteiger partial charge in [-0.1, -0.05) is 0 Å². The van der Waals surface area contributed by atoms with Gasteiger partial charge in [0, 0.05) is 19.1 Å². The van der Waals surface area contributed by atoms with Gasteiger partial charge in [-0.3, -0.25) is 4.79 Å². The second-order valence-corrected chi connectivity index (χ2v) is 3.55. The largest absolute Gasteiger partial charge is 0.342 e. The molecule has 1 atom stereocenters. The van der Waals surface area contributed by atoms with Gasteiger partial charge in [0.1, 0.15) is 0 Å². The summed E-state index contributed by atoms with van der Waals surface area (Å²) in [5.74, 6) is 0.447. The SMILES string of the molecule is NC1CCCN(C(=O)CS)CC1. The van der Waals surface area contributed by atoms with E-state index in [9.17, 15) is 4.79 Å². The molecule has 0 bridgehead atoms. The number of carbonyl (C=O) groups is 1. The average Bonchev–Trinajstić information content (AvgIpc) is 2.29. The number of nitrogens with two attached hydrogens (primary N) is 1. The minimum Gasteiger partial charge on any atom is -0.342 e. The number of likely N-dealkylation sites (tertiary alicyclic amines) is 1. The van der Waals surface area contributed by atoms with E-state index in [4.69, 9.17) is 5.73 Å². The lowest BCUT2D eigenvalue weighted by molar-refractivity contribution is -0.128. The zero-order valence-corrected chi connectivity index (χ0v) is 8.09. The monoisotopic (exact) mass is 188 g/mol. The third-order valence-electron chi connectivity index (χ3n) is 2.26. The van der Waals surface area contributed by atoms with Gasteiger partial charge in [-0.05, 0) is 19.3 Å². The maximum Gasteiger partial charge on any atom is 0.232 e. The molecular weight excluding hydrogens is 172 g/mol. The van der Waals surface area contributed by atoms with Gasteiger partial charge in [-0.2, -0.15) is 12.6 Å². The van der Waals surface area contributed by atoms with Crippen molar-refractivity contribution >= 4 is 18.5 Å². The highest BCUT2D eigenvalue weighted by atomic mass is 32.1. The fraction of sp³-hybridized carbons (Fsp3) is 0.875. The molecular formula is C8H16N2OS. The van der Waals surface area contributed by atoms with E-state index < -0.39 is 0 Å². The van der Waals surface area contributed by atoms with Gasteiger partial charge >= 0.3 is 0 Å². The summed E-state index contributed by atoms with van der Waals surface area (Å²) in [4.78, 5) is 13.1. The van der Waals surface area contributed by atoms with Crippen LogP contribution < -0.4 is 5.73 Å². The van der Waals surface area contributed by atoms with Crippen molar-refractivity contribution < 1.29 is 4.79 Å². The molecule has 1 heterocycles. The summed E-state index contributed by atoms with van der Waals surface area (Å²) >= 11 is 3.96. The Kier molecular flexibility index (Phi) is 3.88. The molecule has 12 heavy (non-hydrogen) atoms. The number of thiol groups is 1. The average molecular weight is 188 g/mol. The van der Waals surface area contributed by atoms with Gasteiger partial charge in [0.25, 0.3) is 0 Å². The van der Waals surface area contributed by atoms with Crippen molar-refractivity contribution in [3.63, 3.8) is 0 Å². The molecule has 0 aromatic rings. The number of nitrogens with zero attached hydrogens (tertiary/aromatic N) is 1. The van der Waals surface area contributed by atoms with Crippen molar-refractivity contribution in [2.45, 2.75) is 25.3 Å². The second-order valence-electron chi connectivity index (χ2n) is 3.23. The minimum atomic E-state index is 0.132. The van der Waals surface area contributed by atoms with E-state index in [2.05, 4.69) is 12.6 Å². The van der Waals surface area contributed by atoms with Crippen molar-refractivity contribution in [3.05, 3.63) is 0 Å². The molecule has 1 amide bonds. The Labute approximate surface area is 78.7 Å². The summed E-state index contributed by atoms with van der Waals surface area (Å²) in [6.07, 6.45) is 3.00. The molecule has 1 unspecified atom stereocenters. The number of amides is 1. The lowest BCUT2D eigenvalue weighted by atomic mass is 10.1. The van der Waals surface area contributed by atoms with Gasteiger partial charge in [0.15, 0.2) is 0 Å². The topological polar surface area (TPSA) is 46.3 Å². The predicted molar refractivity (Wildman–Crippen MR) is 52.3 cm³/mol. The Hall–Kier alpha value is -0.220. The van der Waals surface area contributed by atoms with Crippen molar-refractivity contribution in [1.82, 2.24) is 4.90 Å². The molecule has 0 aliphatic carbocycles. The van der Waals surface area contributed by atoms with Gasteiger partial charge in [-0.15, -0.1) is 0 Å². The summed E-state index contributed by atoms with van der Waals surface area (Å²) in [5.41, 5.74) is 5.78. The van der Waals surface area contributed by atoms with Crippen LogP contribution in [-0.2, 0) is 4.79 Å². The molecule has 3 nitrogen and oxygen atoms in total. The van der Waals surface area contributed by atoms with E-state index in [0.717, 1.165) is 32.4 Å². The molecule has 0 spiro atoms. The Balaban J connectivity index is 2.40. The minimum absolute atomic E-state index is 0.132. The molecule has 0 radical (unpaired) electrons. The van der Waals surface area contributed by atoms with Crippen LogP contribution >= 0.6 is 12.6 Å². The molecule has 0 saturated carbocycles. The zero-order chi connectivity index (χ0) is 8.97. The summed E-state index contributed by atoms with van der Waals surface area (Å²) in [7, 11) is 0. The number of hydrogen-bond acceptors (Lipinski definition) is 3.